The number of methoxy groups -OCH3 is 1. The molecule has 3 aromatic carbocycles. The summed E-state index contributed by atoms with van der Waals surface area (Å²) in [7, 11) is 1.37. The van der Waals surface area contributed by atoms with Crippen LogP contribution in [0.15, 0.2) is 72.9 Å². The molecule has 1 atom stereocenters. The Kier molecular flexibility index (Phi) is 6.78. The van der Waals surface area contributed by atoms with Crippen molar-refractivity contribution >= 4 is 22.9 Å². The molecule has 0 fully saturated rings. The van der Waals surface area contributed by atoms with Gasteiger partial charge in [-0.2, -0.15) is 0 Å². The van der Waals surface area contributed by atoms with Crippen molar-refractivity contribution in [2.45, 2.75) is 31.8 Å². The van der Waals surface area contributed by atoms with E-state index in [-0.39, 0.29) is 23.5 Å². The van der Waals surface area contributed by atoms with Gasteiger partial charge in [-0.3, -0.25) is 4.90 Å². The maximum Gasteiger partial charge on any atom is 0.330 e. The van der Waals surface area contributed by atoms with Gasteiger partial charge in [0.2, 0.25) is 0 Å². The van der Waals surface area contributed by atoms with Crippen LogP contribution in [0.1, 0.15) is 40.3 Å². The molecule has 1 aliphatic rings. The van der Waals surface area contributed by atoms with E-state index >= 15 is 0 Å². The van der Waals surface area contributed by atoms with Gasteiger partial charge in [-0.15, -0.1) is 0 Å². The topological polar surface area (TPSA) is 85.8 Å². The number of aryl methyl sites for hydroxylation is 1. The van der Waals surface area contributed by atoms with Crippen molar-refractivity contribution in [3.63, 3.8) is 0 Å². The van der Waals surface area contributed by atoms with Crippen LogP contribution in [0.2, 0.25) is 0 Å². The summed E-state index contributed by atoms with van der Waals surface area (Å²) >= 11 is 0. The van der Waals surface area contributed by atoms with Crippen LogP contribution in [0, 0.1) is 0 Å². The van der Waals surface area contributed by atoms with Gasteiger partial charge in [0, 0.05) is 47.9 Å². The maximum absolute atomic E-state index is 11.5. The van der Waals surface area contributed by atoms with Gasteiger partial charge in [0.1, 0.15) is 0 Å². The summed E-state index contributed by atoms with van der Waals surface area (Å²) in [5, 5.41) is 21.8. The number of esters is 1. The molecule has 6 heteroatoms. The number of carbonyl (C=O) groups is 1. The van der Waals surface area contributed by atoms with Crippen molar-refractivity contribution in [2.24, 2.45) is 0 Å². The first-order valence-corrected chi connectivity index (χ1v) is 12.2. The third-order valence-corrected chi connectivity index (χ3v) is 7.08. The number of carbonyl (C=O) groups excluding carboxylic acids is 1. The first kappa shape index (κ1) is 23.7. The highest BCUT2D eigenvalue weighted by atomic mass is 16.5. The number of hydrogen-bond acceptors (Lipinski definition) is 5. The number of fused-ring (bicyclic) bond motifs is 2. The lowest BCUT2D eigenvalue weighted by Crippen LogP contribution is -2.29. The van der Waals surface area contributed by atoms with E-state index in [1.807, 2.05) is 18.2 Å². The van der Waals surface area contributed by atoms with E-state index < -0.39 is 0 Å². The number of rotatable bonds is 8. The number of aromatic hydroxyl groups is 2. The molecule has 5 rings (SSSR count). The van der Waals surface area contributed by atoms with Crippen molar-refractivity contribution in [2.75, 3.05) is 13.7 Å². The van der Waals surface area contributed by atoms with Crippen molar-refractivity contribution in [1.82, 2.24) is 9.88 Å². The van der Waals surface area contributed by atoms with E-state index in [9.17, 15) is 15.0 Å². The van der Waals surface area contributed by atoms with Crippen molar-refractivity contribution < 1.29 is 19.7 Å². The van der Waals surface area contributed by atoms with E-state index in [1.165, 1.54) is 41.3 Å². The second kappa shape index (κ2) is 10.3. The molecule has 0 bridgehead atoms. The minimum atomic E-state index is -0.372. The van der Waals surface area contributed by atoms with Gasteiger partial charge < -0.3 is 19.9 Å². The van der Waals surface area contributed by atoms with Crippen LogP contribution >= 0.6 is 0 Å². The fourth-order valence-electron chi connectivity index (χ4n) is 5.20. The van der Waals surface area contributed by atoms with Crippen LogP contribution in [-0.2, 0) is 28.9 Å². The molecule has 184 valence electrons. The van der Waals surface area contributed by atoms with Crippen LogP contribution in [0.5, 0.6) is 11.5 Å². The van der Waals surface area contributed by atoms with E-state index in [1.54, 1.807) is 12.1 Å². The maximum atomic E-state index is 11.5. The Balaban J connectivity index is 1.42. The summed E-state index contributed by atoms with van der Waals surface area (Å²) in [5.74, 6) is -0.531. The number of benzene rings is 3. The summed E-state index contributed by atoms with van der Waals surface area (Å²) in [6, 6.07) is 19.9. The Morgan fingerprint density at radius 1 is 1.11 bits per heavy atom. The highest BCUT2D eigenvalue weighted by Crippen LogP contribution is 2.39. The number of nitrogens with zero attached hydrogens (tertiary/aromatic N) is 1. The predicted octanol–water partition coefficient (Wildman–Crippen LogP) is 5.50. The molecule has 0 spiro atoms. The van der Waals surface area contributed by atoms with Gasteiger partial charge in [0.25, 0.3) is 0 Å². The van der Waals surface area contributed by atoms with E-state index in [4.69, 9.17) is 4.74 Å². The predicted molar refractivity (Wildman–Crippen MR) is 141 cm³/mol. The molecule has 1 unspecified atom stereocenters. The normalized spacial score (nSPS) is 15.1. The molecule has 0 aliphatic heterocycles. The summed E-state index contributed by atoms with van der Waals surface area (Å²) in [5.41, 5.74) is 6.60. The molecule has 0 radical (unpaired) electrons. The highest BCUT2D eigenvalue weighted by molar-refractivity contribution is 5.87. The summed E-state index contributed by atoms with van der Waals surface area (Å²) < 4.78 is 4.70. The Labute approximate surface area is 210 Å². The lowest BCUT2D eigenvalue weighted by atomic mass is 10.0. The molecule has 1 aliphatic carbocycles. The number of hydrogen-bond donors (Lipinski definition) is 3. The molecule has 0 saturated heterocycles. The Morgan fingerprint density at radius 2 is 1.97 bits per heavy atom. The molecular formula is C30H30N2O4. The number of para-hydroxylation sites is 2. The fourth-order valence-corrected chi connectivity index (χ4v) is 5.20. The minimum absolute atomic E-state index is 0.0592. The van der Waals surface area contributed by atoms with Gasteiger partial charge in [-0.05, 0) is 59.7 Å². The van der Waals surface area contributed by atoms with Gasteiger partial charge in [0.05, 0.1) is 7.11 Å². The third-order valence-electron chi connectivity index (χ3n) is 7.08. The van der Waals surface area contributed by atoms with E-state index in [2.05, 4.69) is 46.4 Å². The first-order valence-electron chi connectivity index (χ1n) is 12.2. The number of phenolic OH excluding ortho intramolecular Hbond substituents is 2. The van der Waals surface area contributed by atoms with Gasteiger partial charge in [0.15, 0.2) is 11.5 Å². The third kappa shape index (κ3) is 4.86. The van der Waals surface area contributed by atoms with Gasteiger partial charge >= 0.3 is 5.97 Å². The molecule has 1 heterocycles. The molecule has 0 amide bonds. The fraction of sp³-hybridized carbons (Fsp3) is 0.233. The summed E-state index contributed by atoms with van der Waals surface area (Å²) in [6.45, 7) is 1.32. The lowest BCUT2D eigenvalue weighted by molar-refractivity contribution is -0.134. The van der Waals surface area contributed by atoms with Crippen LogP contribution in [0.25, 0.3) is 17.0 Å². The molecule has 0 saturated carbocycles. The molecule has 6 nitrogen and oxygen atoms in total. The number of ether oxygens (including phenoxy) is 1. The van der Waals surface area contributed by atoms with Gasteiger partial charge in [-0.25, -0.2) is 4.79 Å². The Hall–Kier alpha value is -4.03. The molecule has 36 heavy (non-hydrogen) atoms. The highest BCUT2D eigenvalue weighted by Gasteiger charge is 2.29. The molecular weight excluding hydrogens is 452 g/mol. The molecule has 4 aromatic rings. The number of H-pyrrole nitrogens is 1. The number of aromatic nitrogens is 1. The standard InChI is InChI=1S/C30H30N2O4/c1-36-29(34)14-10-20-9-12-25-21(17-20)11-13-27(25)32(19-23-5-4-8-28(33)30(23)35)16-15-22-18-31-26-7-3-2-6-24(22)26/h2-10,12,14,17-18,27,31,33,35H,11,13,15-16,19H2,1H3/b14-10+. The number of aromatic amines is 1. The Morgan fingerprint density at radius 3 is 2.83 bits per heavy atom. The van der Waals surface area contributed by atoms with Crippen LogP contribution in [0.3, 0.4) is 0 Å². The number of nitrogens with one attached hydrogen (secondary N) is 1. The van der Waals surface area contributed by atoms with Crippen molar-refractivity contribution in [3.8, 4) is 11.5 Å². The van der Waals surface area contributed by atoms with E-state index in [0.717, 1.165) is 36.9 Å². The van der Waals surface area contributed by atoms with Crippen LogP contribution in [0.4, 0.5) is 0 Å². The zero-order valence-electron chi connectivity index (χ0n) is 20.3. The molecule has 3 N–H and O–H groups in total. The quantitative estimate of drug-likeness (QED) is 0.175. The Bertz CT molecular complexity index is 1420. The SMILES string of the molecule is COC(=O)/C=C/c1ccc2c(c1)CCC2N(CCc1c[nH]c2ccccc12)Cc1cccc(O)c1O. The van der Waals surface area contributed by atoms with E-state index in [0.29, 0.717) is 12.1 Å². The smallest absolute Gasteiger partial charge is 0.330 e. The first-order chi connectivity index (χ1) is 17.5. The van der Waals surface area contributed by atoms with Crippen LogP contribution in [-0.4, -0.2) is 39.7 Å². The van der Waals surface area contributed by atoms with Gasteiger partial charge in [-0.1, -0.05) is 48.5 Å². The monoisotopic (exact) mass is 482 g/mol. The molecule has 1 aromatic heterocycles. The van der Waals surface area contributed by atoms with Crippen LogP contribution < -0.4 is 0 Å². The largest absolute Gasteiger partial charge is 0.504 e. The van der Waals surface area contributed by atoms with Crippen molar-refractivity contribution in [1.29, 1.82) is 0 Å². The second-order valence-corrected chi connectivity index (χ2v) is 9.23. The lowest BCUT2D eigenvalue weighted by Gasteiger charge is -2.30. The second-order valence-electron chi connectivity index (χ2n) is 9.23. The zero-order chi connectivity index (χ0) is 25.1. The summed E-state index contributed by atoms with van der Waals surface area (Å²) in [4.78, 5) is 17.2. The minimum Gasteiger partial charge on any atom is -0.504 e. The van der Waals surface area contributed by atoms with Crippen molar-refractivity contribution in [3.05, 3.63) is 101 Å². The average molecular weight is 483 g/mol. The zero-order valence-corrected chi connectivity index (χ0v) is 20.3. The number of phenols is 2. The summed E-state index contributed by atoms with van der Waals surface area (Å²) in [6.07, 6.45) is 8.06. The average Bonchev–Trinajstić information content (AvgIpc) is 3.51.